The smallest absolute Gasteiger partial charge is 0.317 e. The van der Waals surface area contributed by atoms with Crippen LogP contribution in [0.25, 0.3) is 0 Å². The Morgan fingerprint density at radius 3 is 2.65 bits per heavy atom. The maximum absolute atomic E-state index is 11.7. The summed E-state index contributed by atoms with van der Waals surface area (Å²) < 4.78 is 5.43. The van der Waals surface area contributed by atoms with Gasteiger partial charge in [0.1, 0.15) is 0 Å². The molecule has 1 aliphatic carbocycles. The lowest BCUT2D eigenvalue weighted by molar-refractivity contribution is -0.141. The number of hydrogen-bond acceptors (Lipinski definition) is 4. The van der Waals surface area contributed by atoms with E-state index in [1.165, 1.54) is 24.7 Å². The minimum absolute atomic E-state index is 0.106. The molecule has 0 radical (unpaired) electrons. The Morgan fingerprint density at radius 1 is 1.45 bits per heavy atom. The fourth-order valence-corrected chi connectivity index (χ4v) is 1.63. The predicted octanol–water partition coefficient (Wildman–Crippen LogP) is 0.280. The summed E-state index contributed by atoms with van der Waals surface area (Å²) >= 11 is 0. The summed E-state index contributed by atoms with van der Waals surface area (Å²) in [6.07, 6.45) is 2.05. The lowest BCUT2D eigenvalue weighted by Gasteiger charge is -2.24. The van der Waals surface area contributed by atoms with Crippen molar-refractivity contribution in [2.75, 3.05) is 33.4 Å². The highest BCUT2D eigenvalue weighted by Gasteiger charge is 2.25. The maximum Gasteiger partial charge on any atom is 0.317 e. The molecule has 1 aliphatic rings. The molecule has 3 N–H and O–H groups in total. The maximum atomic E-state index is 11.7. The van der Waals surface area contributed by atoms with E-state index in [0.29, 0.717) is 19.1 Å². The number of urea groups is 1. The van der Waals surface area contributed by atoms with E-state index in [-0.39, 0.29) is 12.6 Å². The summed E-state index contributed by atoms with van der Waals surface area (Å²) in [6, 6.07) is -0.356. The van der Waals surface area contributed by atoms with E-state index in [9.17, 15) is 14.7 Å². The molecule has 0 saturated heterocycles. The first-order valence-electron chi connectivity index (χ1n) is 6.81. The molecule has 0 aromatic heterocycles. The zero-order valence-electron chi connectivity index (χ0n) is 12.1. The fraction of sp³-hybridized carbons (Fsp3) is 0.846. The van der Waals surface area contributed by atoms with Gasteiger partial charge in [-0.15, -0.1) is 0 Å². The summed E-state index contributed by atoms with van der Waals surface area (Å²) in [5, 5.41) is 20.9. The molecule has 1 unspecified atom stereocenters. The second kappa shape index (κ2) is 7.44. The van der Waals surface area contributed by atoms with Gasteiger partial charge in [-0.05, 0) is 25.7 Å². The van der Waals surface area contributed by atoms with Gasteiger partial charge < -0.3 is 25.2 Å². The molecular weight excluding hydrogens is 264 g/mol. The zero-order chi connectivity index (χ0) is 15.2. The van der Waals surface area contributed by atoms with Crippen molar-refractivity contribution in [3.8, 4) is 0 Å². The van der Waals surface area contributed by atoms with Gasteiger partial charge in [-0.3, -0.25) is 4.79 Å². The van der Waals surface area contributed by atoms with Crippen LogP contribution >= 0.6 is 0 Å². The SMILES string of the molecule is CN(CCOCC1CC1)C(=O)NCC(C)(O)CC(=O)O. The molecule has 1 saturated carbocycles. The fourth-order valence-electron chi connectivity index (χ4n) is 1.63. The van der Waals surface area contributed by atoms with E-state index in [0.717, 1.165) is 6.61 Å². The number of likely N-dealkylation sites (N-methyl/N-ethyl adjacent to an activating group) is 1. The van der Waals surface area contributed by atoms with E-state index in [2.05, 4.69) is 5.32 Å². The Balaban J connectivity index is 2.14. The van der Waals surface area contributed by atoms with Crippen molar-refractivity contribution >= 4 is 12.0 Å². The quantitative estimate of drug-likeness (QED) is 0.529. The van der Waals surface area contributed by atoms with Crippen LogP contribution in [0.2, 0.25) is 0 Å². The van der Waals surface area contributed by atoms with Crippen LogP contribution in [0.15, 0.2) is 0 Å². The lowest BCUT2D eigenvalue weighted by atomic mass is 10.0. The van der Waals surface area contributed by atoms with Gasteiger partial charge in [0, 0.05) is 26.7 Å². The first-order chi connectivity index (χ1) is 9.30. The minimum Gasteiger partial charge on any atom is -0.481 e. The third-order valence-corrected chi connectivity index (χ3v) is 3.12. The lowest BCUT2D eigenvalue weighted by Crippen LogP contribution is -2.47. The Bertz CT molecular complexity index is 342. The monoisotopic (exact) mass is 288 g/mol. The molecule has 116 valence electrons. The van der Waals surface area contributed by atoms with Crippen LogP contribution in [0.5, 0.6) is 0 Å². The molecule has 0 aliphatic heterocycles. The molecule has 0 aromatic rings. The highest BCUT2D eigenvalue weighted by atomic mass is 16.5. The number of hydrogen-bond donors (Lipinski definition) is 3. The van der Waals surface area contributed by atoms with Gasteiger partial charge in [0.2, 0.25) is 0 Å². The normalized spacial score (nSPS) is 17.4. The Morgan fingerprint density at radius 2 is 2.10 bits per heavy atom. The number of aliphatic hydroxyl groups is 1. The highest BCUT2D eigenvalue weighted by molar-refractivity contribution is 5.74. The van der Waals surface area contributed by atoms with Crippen LogP contribution in [-0.4, -0.2) is 66.1 Å². The number of carboxylic acids is 1. The summed E-state index contributed by atoms with van der Waals surface area (Å²) in [6.45, 7) is 2.96. The van der Waals surface area contributed by atoms with Crippen molar-refractivity contribution in [3.05, 3.63) is 0 Å². The topological polar surface area (TPSA) is 99.1 Å². The number of amides is 2. The van der Waals surface area contributed by atoms with E-state index in [1.54, 1.807) is 7.05 Å². The second-order valence-corrected chi connectivity index (χ2v) is 5.67. The molecule has 20 heavy (non-hydrogen) atoms. The van der Waals surface area contributed by atoms with E-state index >= 15 is 0 Å². The summed E-state index contributed by atoms with van der Waals surface area (Å²) in [5.41, 5.74) is -1.45. The van der Waals surface area contributed by atoms with E-state index < -0.39 is 18.0 Å². The third kappa shape index (κ3) is 7.30. The highest BCUT2D eigenvalue weighted by Crippen LogP contribution is 2.28. The number of carboxylic acid groups (broad SMARTS) is 1. The van der Waals surface area contributed by atoms with Crippen molar-refractivity contribution < 1.29 is 24.5 Å². The van der Waals surface area contributed by atoms with E-state index in [4.69, 9.17) is 9.84 Å². The summed E-state index contributed by atoms with van der Waals surface area (Å²) in [7, 11) is 1.63. The van der Waals surface area contributed by atoms with Crippen LogP contribution in [0.4, 0.5) is 4.79 Å². The van der Waals surface area contributed by atoms with Gasteiger partial charge in [0.15, 0.2) is 0 Å². The summed E-state index contributed by atoms with van der Waals surface area (Å²) in [5.74, 6) is -0.411. The molecular formula is C13H24N2O5. The first kappa shape index (κ1) is 16.7. The van der Waals surface area contributed by atoms with Crippen molar-refractivity contribution in [1.29, 1.82) is 0 Å². The van der Waals surface area contributed by atoms with Crippen LogP contribution in [-0.2, 0) is 9.53 Å². The average Bonchev–Trinajstić information content (AvgIpc) is 3.14. The van der Waals surface area contributed by atoms with Crippen LogP contribution in [0.1, 0.15) is 26.2 Å². The number of carbonyl (C=O) groups is 2. The zero-order valence-corrected chi connectivity index (χ0v) is 12.1. The number of nitrogens with zero attached hydrogens (tertiary/aromatic N) is 1. The molecule has 0 bridgehead atoms. The van der Waals surface area contributed by atoms with Gasteiger partial charge in [-0.1, -0.05) is 0 Å². The number of ether oxygens (including phenoxy) is 1. The van der Waals surface area contributed by atoms with Gasteiger partial charge in [-0.2, -0.15) is 0 Å². The van der Waals surface area contributed by atoms with Gasteiger partial charge in [-0.25, -0.2) is 4.79 Å². The molecule has 1 rings (SSSR count). The standard InChI is InChI=1S/C13H24N2O5/c1-13(19,7-11(16)17)9-14-12(18)15(2)5-6-20-8-10-3-4-10/h10,19H,3-9H2,1-2H3,(H,14,18)(H,16,17). The largest absolute Gasteiger partial charge is 0.481 e. The molecule has 0 aromatic carbocycles. The first-order valence-corrected chi connectivity index (χ1v) is 6.81. The summed E-state index contributed by atoms with van der Waals surface area (Å²) in [4.78, 5) is 23.7. The number of nitrogens with one attached hydrogen (secondary N) is 1. The van der Waals surface area contributed by atoms with Crippen molar-refractivity contribution in [1.82, 2.24) is 10.2 Å². The second-order valence-electron chi connectivity index (χ2n) is 5.67. The van der Waals surface area contributed by atoms with Crippen molar-refractivity contribution in [2.45, 2.75) is 31.8 Å². The molecule has 0 spiro atoms. The van der Waals surface area contributed by atoms with Crippen LogP contribution in [0.3, 0.4) is 0 Å². The molecule has 7 nitrogen and oxygen atoms in total. The van der Waals surface area contributed by atoms with Gasteiger partial charge in [0.25, 0.3) is 0 Å². The Hall–Kier alpha value is -1.34. The molecule has 2 amide bonds. The molecule has 7 heteroatoms. The van der Waals surface area contributed by atoms with Crippen LogP contribution in [0, 0.1) is 5.92 Å². The predicted molar refractivity (Wildman–Crippen MR) is 72.4 cm³/mol. The molecule has 0 heterocycles. The third-order valence-electron chi connectivity index (χ3n) is 3.12. The number of carbonyl (C=O) groups excluding carboxylic acids is 1. The number of rotatable bonds is 9. The molecule has 1 fully saturated rings. The van der Waals surface area contributed by atoms with Crippen LogP contribution < -0.4 is 5.32 Å². The average molecular weight is 288 g/mol. The number of aliphatic carboxylic acids is 1. The van der Waals surface area contributed by atoms with Crippen molar-refractivity contribution in [2.24, 2.45) is 5.92 Å². The Kier molecular flexibility index (Phi) is 6.22. The Labute approximate surface area is 118 Å². The minimum atomic E-state index is -1.45. The molecule has 1 atom stereocenters. The van der Waals surface area contributed by atoms with E-state index in [1.807, 2.05) is 0 Å². The van der Waals surface area contributed by atoms with Gasteiger partial charge >= 0.3 is 12.0 Å². The van der Waals surface area contributed by atoms with Gasteiger partial charge in [0.05, 0.1) is 18.6 Å². The van der Waals surface area contributed by atoms with Crippen molar-refractivity contribution in [3.63, 3.8) is 0 Å².